The monoisotopic (exact) mass is 509 g/mol. The van der Waals surface area contributed by atoms with Crippen molar-refractivity contribution in [3.63, 3.8) is 0 Å². The smallest absolute Gasteiger partial charge is 0.287 e. The van der Waals surface area contributed by atoms with E-state index in [1.807, 2.05) is 42.2 Å². The number of nitrogens with zero attached hydrogens (tertiary/aromatic N) is 2. The standard InChI is InChI=1S/C31H31N3O4/c1-3-29(35)34-15-13-23-9-10-25(17-27(23)30(34)24-8-4-6-21(2)16-24)37-20-26-11-12-28(38-26)31(36)33-19-22-7-5-14-32-18-22/h4-12,14,16-18,30H,3,13,15,19-20H2,1-2H3,(H,33,36). The van der Waals surface area contributed by atoms with Crippen LogP contribution in [0.3, 0.4) is 0 Å². The molecule has 38 heavy (non-hydrogen) atoms. The summed E-state index contributed by atoms with van der Waals surface area (Å²) in [5.74, 6) is 1.30. The summed E-state index contributed by atoms with van der Waals surface area (Å²) in [6, 6.07) is 21.4. The highest BCUT2D eigenvalue weighted by Crippen LogP contribution is 2.38. The molecule has 2 amide bonds. The maximum absolute atomic E-state index is 12.9. The van der Waals surface area contributed by atoms with Crippen LogP contribution < -0.4 is 10.1 Å². The van der Waals surface area contributed by atoms with Crippen molar-refractivity contribution in [2.24, 2.45) is 0 Å². The van der Waals surface area contributed by atoms with Crippen LogP contribution in [0.15, 0.2) is 83.5 Å². The van der Waals surface area contributed by atoms with Gasteiger partial charge in [-0.1, -0.05) is 48.9 Å². The normalized spacial score (nSPS) is 14.6. The van der Waals surface area contributed by atoms with Gasteiger partial charge in [0.1, 0.15) is 18.1 Å². The largest absolute Gasteiger partial charge is 0.486 e. The molecule has 194 valence electrons. The third kappa shape index (κ3) is 5.62. The Balaban J connectivity index is 1.30. The fourth-order valence-corrected chi connectivity index (χ4v) is 4.86. The molecule has 0 bridgehead atoms. The number of aromatic nitrogens is 1. The van der Waals surface area contributed by atoms with Gasteiger partial charge in [0.15, 0.2) is 5.76 Å². The molecular formula is C31H31N3O4. The van der Waals surface area contributed by atoms with E-state index in [0.717, 1.165) is 28.7 Å². The number of hydrogen-bond acceptors (Lipinski definition) is 5. The van der Waals surface area contributed by atoms with Gasteiger partial charge in [-0.25, -0.2) is 0 Å². The molecule has 1 N–H and O–H groups in total. The van der Waals surface area contributed by atoms with Crippen molar-refractivity contribution in [1.82, 2.24) is 15.2 Å². The maximum Gasteiger partial charge on any atom is 0.287 e. The number of amides is 2. The quantitative estimate of drug-likeness (QED) is 0.345. The van der Waals surface area contributed by atoms with Crippen molar-refractivity contribution < 1.29 is 18.7 Å². The number of benzene rings is 2. The fraction of sp³-hybridized carbons (Fsp3) is 0.258. The zero-order chi connectivity index (χ0) is 26.5. The van der Waals surface area contributed by atoms with E-state index in [9.17, 15) is 9.59 Å². The molecule has 0 fully saturated rings. The van der Waals surface area contributed by atoms with Crippen LogP contribution in [-0.4, -0.2) is 28.2 Å². The molecule has 0 radical (unpaired) electrons. The summed E-state index contributed by atoms with van der Waals surface area (Å²) in [6.07, 6.45) is 4.67. The van der Waals surface area contributed by atoms with E-state index in [1.54, 1.807) is 24.5 Å². The molecule has 0 saturated heterocycles. The molecule has 7 heteroatoms. The molecule has 2 aromatic carbocycles. The van der Waals surface area contributed by atoms with E-state index in [2.05, 4.69) is 41.5 Å². The summed E-state index contributed by atoms with van der Waals surface area (Å²) in [5, 5.41) is 2.83. The summed E-state index contributed by atoms with van der Waals surface area (Å²) in [4.78, 5) is 31.4. The van der Waals surface area contributed by atoms with Gasteiger partial charge in [-0.2, -0.15) is 0 Å². The number of carbonyl (C=O) groups excluding carboxylic acids is 2. The lowest BCUT2D eigenvalue weighted by molar-refractivity contribution is -0.132. The molecule has 0 aliphatic carbocycles. The number of ether oxygens (including phenoxy) is 1. The van der Waals surface area contributed by atoms with E-state index in [1.165, 1.54) is 5.56 Å². The lowest BCUT2D eigenvalue weighted by atomic mass is 9.87. The minimum atomic E-state index is -0.296. The van der Waals surface area contributed by atoms with Gasteiger partial charge in [-0.3, -0.25) is 14.6 Å². The van der Waals surface area contributed by atoms with Crippen molar-refractivity contribution >= 4 is 11.8 Å². The van der Waals surface area contributed by atoms with E-state index in [0.29, 0.717) is 31.0 Å². The Hall–Kier alpha value is -4.39. The lowest BCUT2D eigenvalue weighted by Crippen LogP contribution is -2.40. The molecule has 0 saturated carbocycles. The Bertz CT molecular complexity index is 1430. The molecule has 4 aromatic rings. The first-order valence-corrected chi connectivity index (χ1v) is 12.9. The third-order valence-electron chi connectivity index (χ3n) is 6.77. The van der Waals surface area contributed by atoms with Gasteiger partial charge in [0, 0.05) is 31.9 Å². The van der Waals surface area contributed by atoms with Crippen molar-refractivity contribution in [2.75, 3.05) is 6.54 Å². The molecule has 5 rings (SSSR count). The number of furan rings is 1. The lowest BCUT2D eigenvalue weighted by Gasteiger charge is -2.38. The average molecular weight is 510 g/mol. The van der Waals surface area contributed by atoms with Crippen LogP contribution >= 0.6 is 0 Å². The SMILES string of the molecule is CCC(=O)N1CCc2ccc(OCc3ccc(C(=O)NCc4cccnc4)o3)cc2C1c1cccc(C)c1. The van der Waals surface area contributed by atoms with E-state index >= 15 is 0 Å². The maximum atomic E-state index is 12.9. The molecule has 1 aliphatic heterocycles. The number of pyridine rings is 1. The zero-order valence-corrected chi connectivity index (χ0v) is 21.6. The molecule has 1 aliphatic rings. The number of hydrogen-bond donors (Lipinski definition) is 1. The number of nitrogens with one attached hydrogen (secondary N) is 1. The number of carbonyl (C=O) groups is 2. The minimum Gasteiger partial charge on any atom is -0.486 e. The van der Waals surface area contributed by atoms with Gasteiger partial charge in [-0.05, 0) is 65.9 Å². The summed E-state index contributed by atoms with van der Waals surface area (Å²) in [6.45, 7) is 5.21. The Morgan fingerprint density at radius 2 is 2.00 bits per heavy atom. The second-order valence-electron chi connectivity index (χ2n) is 9.47. The Morgan fingerprint density at radius 1 is 1.11 bits per heavy atom. The summed E-state index contributed by atoms with van der Waals surface area (Å²) in [5.41, 5.74) is 5.46. The summed E-state index contributed by atoms with van der Waals surface area (Å²) >= 11 is 0. The molecular weight excluding hydrogens is 478 g/mol. The van der Waals surface area contributed by atoms with Gasteiger partial charge < -0.3 is 19.4 Å². The first-order valence-electron chi connectivity index (χ1n) is 12.9. The van der Waals surface area contributed by atoms with Gasteiger partial charge in [0.05, 0.1) is 6.04 Å². The Kier molecular flexibility index (Phi) is 7.54. The van der Waals surface area contributed by atoms with Gasteiger partial charge in [0.2, 0.25) is 5.91 Å². The number of aryl methyl sites for hydroxylation is 1. The molecule has 3 heterocycles. The Labute approximate surface area is 222 Å². The predicted octanol–water partition coefficient (Wildman–Crippen LogP) is 5.38. The molecule has 7 nitrogen and oxygen atoms in total. The highest BCUT2D eigenvalue weighted by Gasteiger charge is 2.31. The Morgan fingerprint density at radius 3 is 2.79 bits per heavy atom. The first-order chi connectivity index (χ1) is 18.5. The van der Waals surface area contributed by atoms with Crippen LogP contribution in [0.4, 0.5) is 0 Å². The van der Waals surface area contributed by atoms with Gasteiger partial charge in [-0.15, -0.1) is 0 Å². The van der Waals surface area contributed by atoms with Crippen LogP contribution in [0.25, 0.3) is 0 Å². The minimum absolute atomic E-state index is 0.137. The molecule has 2 aromatic heterocycles. The highest BCUT2D eigenvalue weighted by atomic mass is 16.5. The fourth-order valence-electron chi connectivity index (χ4n) is 4.86. The van der Waals surface area contributed by atoms with Crippen LogP contribution in [0.1, 0.15) is 63.5 Å². The van der Waals surface area contributed by atoms with Crippen LogP contribution in [0, 0.1) is 6.92 Å². The third-order valence-corrected chi connectivity index (χ3v) is 6.77. The van der Waals surface area contributed by atoms with Crippen molar-refractivity contribution in [1.29, 1.82) is 0 Å². The van der Waals surface area contributed by atoms with Crippen molar-refractivity contribution in [3.8, 4) is 5.75 Å². The molecule has 1 unspecified atom stereocenters. The summed E-state index contributed by atoms with van der Waals surface area (Å²) < 4.78 is 11.8. The second kappa shape index (κ2) is 11.3. The predicted molar refractivity (Wildman–Crippen MR) is 144 cm³/mol. The molecule has 1 atom stereocenters. The number of rotatable bonds is 8. The van der Waals surface area contributed by atoms with Crippen LogP contribution in [-0.2, 0) is 24.4 Å². The topological polar surface area (TPSA) is 84.7 Å². The molecule has 0 spiro atoms. The second-order valence-corrected chi connectivity index (χ2v) is 9.47. The van der Waals surface area contributed by atoms with Crippen molar-refractivity contribution in [3.05, 3.63) is 118 Å². The van der Waals surface area contributed by atoms with Crippen LogP contribution in [0.2, 0.25) is 0 Å². The summed E-state index contributed by atoms with van der Waals surface area (Å²) in [7, 11) is 0. The van der Waals surface area contributed by atoms with E-state index in [4.69, 9.17) is 9.15 Å². The average Bonchev–Trinajstić information content (AvgIpc) is 3.43. The van der Waals surface area contributed by atoms with Crippen LogP contribution in [0.5, 0.6) is 5.75 Å². The number of fused-ring (bicyclic) bond motifs is 1. The van der Waals surface area contributed by atoms with Gasteiger partial charge in [0.25, 0.3) is 5.91 Å². The highest BCUT2D eigenvalue weighted by molar-refractivity contribution is 5.91. The van der Waals surface area contributed by atoms with Crippen molar-refractivity contribution in [2.45, 2.75) is 45.9 Å². The zero-order valence-electron chi connectivity index (χ0n) is 21.6. The van der Waals surface area contributed by atoms with E-state index in [-0.39, 0.29) is 30.2 Å². The first kappa shape index (κ1) is 25.3. The van der Waals surface area contributed by atoms with E-state index < -0.39 is 0 Å². The van der Waals surface area contributed by atoms with Gasteiger partial charge >= 0.3 is 0 Å².